The Morgan fingerprint density at radius 3 is 2.69 bits per heavy atom. The average Bonchev–Trinajstić information content (AvgIpc) is 2.16. The normalized spacial score (nSPS) is 41.1. The highest BCUT2D eigenvalue weighted by Gasteiger charge is 2.47. The quantitative estimate of drug-likeness (QED) is 0.646. The molecule has 3 aliphatic rings. The number of fused-ring (bicyclic) bond motifs is 2. The predicted molar refractivity (Wildman–Crippen MR) is 68.4 cm³/mol. The van der Waals surface area contributed by atoms with Gasteiger partial charge in [-0.05, 0) is 53.4 Å². The Balaban J connectivity index is 2.04. The number of hydrogen-bond donors (Lipinski definition) is 0. The van der Waals surface area contributed by atoms with Crippen LogP contribution in [0.2, 0.25) is 0 Å². The van der Waals surface area contributed by atoms with E-state index in [1.54, 1.807) is 0 Å². The predicted octanol–water partition coefficient (Wildman–Crippen LogP) is 4.25. The summed E-state index contributed by atoms with van der Waals surface area (Å²) in [5, 5.41) is 0. The van der Waals surface area contributed by atoms with Gasteiger partial charge >= 0.3 is 0 Å². The average molecular weight is 220 g/mol. The van der Waals surface area contributed by atoms with E-state index in [0.29, 0.717) is 5.92 Å². The van der Waals surface area contributed by atoms with Gasteiger partial charge in [0.15, 0.2) is 0 Å². The third-order valence-electron chi connectivity index (χ3n) is 4.08. The molecule has 1 aliphatic carbocycles. The van der Waals surface area contributed by atoms with Gasteiger partial charge in [-0.25, -0.2) is 0 Å². The summed E-state index contributed by atoms with van der Waals surface area (Å²) in [5.74, 6) is 0.625. The molecule has 2 heterocycles. The maximum Gasteiger partial charge on any atom is 0.0842 e. The second kappa shape index (κ2) is 4.03. The molecule has 0 N–H and O–H groups in total. The fraction of sp³-hybridized carbons (Fsp3) is 0.733. The molecule has 3 atom stereocenters. The summed E-state index contributed by atoms with van der Waals surface area (Å²) in [6, 6.07) is 0. The lowest BCUT2D eigenvalue weighted by Gasteiger charge is -2.51. The molecule has 16 heavy (non-hydrogen) atoms. The minimum Gasteiger partial charge on any atom is -0.364 e. The molecule has 3 rings (SSSR count). The number of hydrogen-bond acceptors (Lipinski definition) is 1. The van der Waals surface area contributed by atoms with E-state index in [2.05, 4.69) is 45.9 Å². The molecule has 0 saturated carbocycles. The largest absolute Gasteiger partial charge is 0.364 e. The van der Waals surface area contributed by atoms with Crippen molar-refractivity contribution >= 4 is 0 Å². The van der Waals surface area contributed by atoms with Crippen molar-refractivity contribution in [2.45, 2.75) is 64.6 Å². The fourth-order valence-electron chi connectivity index (χ4n) is 3.03. The summed E-state index contributed by atoms with van der Waals surface area (Å²) in [6.45, 7) is 8.84. The molecule has 1 unspecified atom stereocenters. The van der Waals surface area contributed by atoms with Crippen molar-refractivity contribution in [1.29, 1.82) is 0 Å². The lowest BCUT2D eigenvalue weighted by atomic mass is 9.71. The van der Waals surface area contributed by atoms with Gasteiger partial charge in [-0.2, -0.15) is 0 Å². The monoisotopic (exact) mass is 220 g/mol. The highest BCUT2D eigenvalue weighted by molar-refractivity contribution is 5.17. The van der Waals surface area contributed by atoms with Crippen LogP contribution in [0.25, 0.3) is 0 Å². The van der Waals surface area contributed by atoms with Crippen LogP contribution in [0.15, 0.2) is 23.8 Å². The van der Waals surface area contributed by atoms with E-state index in [1.165, 1.54) is 18.4 Å². The SMILES string of the molecule is CC(C)=CCCC1(C)O[C@@]2(C)C=C[C@H]1CC2. The molecule has 0 spiro atoms. The minimum atomic E-state index is 0.00841. The van der Waals surface area contributed by atoms with Crippen molar-refractivity contribution in [3.05, 3.63) is 23.8 Å². The first-order chi connectivity index (χ1) is 7.44. The maximum atomic E-state index is 6.33. The second-order valence-corrected chi connectivity index (χ2v) is 6.05. The Labute approximate surface area is 99.6 Å². The van der Waals surface area contributed by atoms with Crippen LogP contribution in [0.5, 0.6) is 0 Å². The smallest absolute Gasteiger partial charge is 0.0842 e. The number of rotatable bonds is 3. The molecule has 90 valence electrons. The van der Waals surface area contributed by atoms with E-state index in [0.717, 1.165) is 12.8 Å². The Morgan fingerprint density at radius 2 is 2.19 bits per heavy atom. The van der Waals surface area contributed by atoms with Gasteiger partial charge in [-0.15, -0.1) is 0 Å². The Bertz CT molecular complexity index is 324. The van der Waals surface area contributed by atoms with Crippen molar-refractivity contribution in [2.75, 3.05) is 0 Å². The zero-order chi connectivity index (χ0) is 11.8. The van der Waals surface area contributed by atoms with Gasteiger partial charge in [0, 0.05) is 5.92 Å². The van der Waals surface area contributed by atoms with Crippen molar-refractivity contribution in [2.24, 2.45) is 5.92 Å². The van der Waals surface area contributed by atoms with Crippen LogP contribution < -0.4 is 0 Å². The van der Waals surface area contributed by atoms with Crippen LogP contribution in [-0.2, 0) is 4.74 Å². The van der Waals surface area contributed by atoms with Gasteiger partial charge in [0.1, 0.15) is 0 Å². The van der Waals surface area contributed by atoms with E-state index in [1.807, 2.05) is 0 Å². The van der Waals surface area contributed by atoms with Gasteiger partial charge in [0.2, 0.25) is 0 Å². The summed E-state index contributed by atoms with van der Waals surface area (Å²) >= 11 is 0. The van der Waals surface area contributed by atoms with Gasteiger partial charge in [0.25, 0.3) is 0 Å². The van der Waals surface area contributed by atoms with E-state index in [4.69, 9.17) is 4.74 Å². The zero-order valence-corrected chi connectivity index (χ0v) is 11.0. The molecule has 1 saturated heterocycles. The molecule has 2 aliphatic heterocycles. The van der Waals surface area contributed by atoms with E-state index < -0.39 is 0 Å². The fourth-order valence-corrected chi connectivity index (χ4v) is 3.03. The van der Waals surface area contributed by atoms with Crippen molar-refractivity contribution in [3.63, 3.8) is 0 Å². The topological polar surface area (TPSA) is 9.23 Å². The van der Waals surface area contributed by atoms with Crippen LogP contribution in [0.4, 0.5) is 0 Å². The Kier molecular flexibility index (Phi) is 3.00. The van der Waals surface area contributed by atoms with Crippen LogP contribution in [0.3, 0.4) is 0 Å². The van der Waals surface area contributed by atoms with Crippen LogP contribution >= 0.6 is 0 Å². The maximum absolute atomic E-state index is 6.33. The first-order valence-electron chi connectivity index (χ1n) is 6.46. The van der Waals surface area contributed by atoms with Crippen LogP contribution in [0, 0.1) is 5.92 Å². The Hall–Kier alpha value is -0.560. The number of ether oxygens (including phenoxy) is 1. The van der Waals surface area contributed by atoms with Gasteiger partial charge in [-0.3, -0.25) is 0 Å². The number of allylic oxidation sites excluding steroid dienone is 2. The van der Waals surface area contributed by atoms with Gasteiger partial charge < -0.3 is 4.74 Å². The lowest BCUT2D eigenvalue weighted by Crippen LogP contribution is -2.52. The zero-order valence-electron chi connectivity index (χ0n) is 11.0. The molecule has 2 bridgehead atoms. The molecule has 0 aromatic heterocycles. The van der Waals surface area contributed by atoms with E-state index in [9.17, 15) is 0 Å². The molecule has 0 aromatic carbocycles. The molecule has 0 aromatic rings. The highest BCUT2D eigenvalue weighted by Crippen LogP contribution is 2.47. The summed E-state index contributed by atoms with van der Waals surface area (Å²) in [7, 11) is 0. The molecule has 1 heteroatoms. The summed E-state index contributed by atoms with van der Waals surface area (Å²) in [4.78, 5) is 0. The van der Waals surface area contributed by atoms with Crippen molar-refractivity contribution < 1.29 is 4.74 Å². The van der Waals surface area contributed by atoms with Gasteiger partial charge in [-0.1, -0.05) is 23.8 Å². The lowest BCUT2D eigenvalue weighted by molar-refractivity contribution is -0.184. The third kappa shape index (κ3) is 2.24. The highest BCUT2D eigenvalue weighted by atomic mass is 16.5. The standard InChI is InChI=1S/C15H24O/c1-12(2)6-5-9-15(4)13-7-10-14(3,16-15)11-8-13/h6-7,10,13H,5,8-9,11H2,1-4H3/t13-,14-,15?/m0/s1. The molecule has 1 nitrogen and oxygen atoms in total. The molecule has 0 radical (unpaired) electrons. The first-order valence-corrected chi connectivity index (χ1v) is 6.46. The molecular weight excluding hydrogens is 196 g/mol. The van der Waals surface area contributed by atoms with Crippen LogP contribution in [0.1, 0.15) is 53.4 Å². The summed E-state index contributed by atoms with van der Waals surface area (Å²) < 4.78 is 6.33. The summed E-state index contributed by atoms with van der Waals surface area (Å²) in [5.41, 5.74) is 1.48. The minimum absolute atomic E-state index is 0.00841. The Morgan fingerprint density at radius 1 is 1.44 bits per heavy atom. The molecule has 1 fully saturated rings. The van der Waals surface area contributed by atoms with Crippen molar-refractivity contribution in [1.82, 2.24) is 0 Å². The first kappa shape index (κ1) is 11.9. The second-order valence-electron chi connectivity index (χ2n) is 6.05. The van der Waals surface area contributed by atoms with E-state index >= 15 is 0 Å². The van der Waals surface area contributed by atoms with Crippen molar-refractivity contribution in [3.8, 4) is 0 Å². The molecule has 0 amide bonds. The molecular formula is C15H24O. The third-order valence-corrected chi connectivity index (χ3v) is 4.08. The van der Waals surface area contributed by atoms with Gasteiger partial charge in [0.05, 0.1) is 11.2 Å². The van der Waals surface area contributed by atoms with E-state index in [-0.39, 0.29) is 11.2 Å². The van der Waals surface area contributed by atoms with Crippen LogP contribution in [-0.4, -0.2) is 11.2 Å². The summed E-state index contributed by atoms with van der Waals surface area (Å²) in [6.07, 6.45) is 11.7.